The average molecular weight is 654 g/mol. The second kappa shape index (κ2) is 13.2. The number of carbonyl (C=O) groups is 2. The lowest BCUT2D eigenvalue weighted by Crippen LogP contribution is -2.38. The van der Waals surface area contributed by atoms with Gasteiger partial charge in [-0.3, -0.25) is 4.79 Å². The van der Waals surface area contributed by atoms with Crippen molar-refractivity contribution in [1.29, 1.82) is 0 Å². The Hall–Kier alpha value is -4.51. The summed E-state index contributed by atoms with van der Waals surface area (Å²) in [5.74, 6) is 1.41. The largest absolute Gasteiger partial charge is 0.378 e. The molecule has 0 aliphatic carbocycles. The van der Waals surface area contributed by atoms with Gasteiger partial charge in [0, 0.05) is 56.0 Å². The molecule has 11 nitrogen and oxygen atoms in total. The number of morpholine rings is 1. The van der Waals surface area contributed by atoms with E-state index in [4.69, 9.17) is 19.2 Å². The zero-order valence-electron chi connectivity index (χ0n) is 29.1. The number of carbonyl (C=O) groups excluding carboxylic acids is 2. The van der Waals surface area contributed by atoms with E-state index in [1.165, 1.54) is 11.1 Å². The van der Waals surface area contributed by atoms with Gasteiger partial charge < -0.3 is 29.7 Å². The van der Waals surface area contributed by atoms with Crippen molar-refractivity contribution in [2.45, 2.75) is 71.1 Å². The van der Waals surface area contributed by atoms with Crippen LogP contribution in [0.4, 0.5) is 16.3 Å². The second-order valence-corrected chi connectivity index (χ2v) is 14.9. The molecule has 6 rings (SSSR count). The predicted molar refractivity (Wildman–Crippen MR) is 188 cm³/mol. The number of fused-ring (bicyclic) bond motifs is 1. The van der Waals surface area contributed by atoms with Crippen molar-refractivity contribution >= 4 is 34.5 Å². The SMILES string of the molecule is CNC(=O)Nc1ccc(-c2nc(N3CCOCC3)c3onc(C4CCN(C(=O)c5cc(C(C)(C)C)cc(C(C)(C)C)c5)CC4)c3n2)cc1. The summed E-state index contributed by atoms with van der Waals surface area (Å²) in [5.41, 5.74) is 6.52. The molecule has 2 fully saturated rings. The van der Waals surface area contributed by atoms with E-state index < -0.39 is 0 Å². The van der Waals surface area contributed by atoms with E-state index in [1.54, 1.807) is 7.05 Å². The van der Waals surface area contributed by atoms with Crippen LogP contribution in [0.2, 0.25) is 0 Å². The highest BCUT2D eigenvalue weighted by atomic mass is 16.5. The molecule has 0 unspecified atom stereocenters. The number of benzene rings is 2. The lowest BCUT2D eigenvalue weighted by molar-refractivity contribution is 0.0711. The van der Waals surface area contributed by atoms with Gasteiger partial charge in [-0.05, 0) is 71.2 Å². The van der Waals surface area contributed by atoms with Crippen molar-refractivity contribution in [3.63, 3.8) is 0 Å². The van der Waals surface area contributed by atoms with Crippen LogP contribution < -0.4 is 15.5 Å². The molecule has 4 aromatic rings. The minimum atomic E-state index is -0.287. The highest BCUT2D eigenvalue weighted by Crippen LogP contribution is 2.37. The van der Waals surface area contributed by atoms with E-state index in [2.05, 4.69) is 80.4 Å². The van der Waals surface area contributed by atoms with E-state index in [0.29, 0.717) is 67.8 Å². The number of nitrogens with one attached hydrogen (secondary N) is 2. The number of hydrogen-bond acceptors (Lipinski definition) is 8. The summed E-state index contributed by atoms with van der Waals surface area (Å²) in [6.45, 7) is 17.0. The maximum Gasteiger partial charge on any atom is 0.318 e. The van der Waals surface area contributed by atoms with Crippen molar-refractivity contribution in [2.24, 2.45) is 0 Å². The van der Waals surface area contributed by atoms with Crippen LogP contribution in [0.3, 0.4) is 0 Å². The van der Waals surface area contributed by atoms with Crippen LogP contribution in [0, 0.1) is 0 Å². The number of amides is 3. The zero-order valence-corrected chi connectivity index (χ0v) is 29.1. The molecule has 2 aromatic heterocycles. The van der Waals surface area contributed by atoms with Crippen molar-refractivity contribution in [3.8, 4) is 11.4 Å². The molecule has 2 saturated heterocycles. The Morgan fingerprint density at radius 3 is 2.06 bits per heavy atom. The number of nitrogens with zero attached hydrogens (tertiary/aromatic N) is 5. The van der Waals surface area contributed by atoms with Gasteiger partial charge >= 0.3 is 6.03 Å². The molecule has 2 aliphatic rings. The van der Waals surface area contributed by atoms with E-state index in [0.717, 1.165) is 29.7 Å². The Balaban J connectivity index is 1.27. The molecule has 0 atom stereocenters. The van der Waals surface area contributed by atoms with Gasteiger partial charge in [-0.1, -0.05) is 52.8 Å². The van der Waals surface area contributed by atoms with E-state index in [-0.39, 0.29) is 28.7 Å². The van der Waals surface area contributed by atoms with Gasteiger partial charge in [-0.25, -0.2) is 14.8 Å². The molecular formula is C37H47N7O4. The van der Waals surface area contributed by atoms with Crippen molar-refractivity contribution in [3.05, 3.63) is 64.8 Å². The number of urea groups is 1. The molecule has 0 bridgehead atoms. The number of likely N-dealkylation sites (tertiary alicyclic amines) is 1. The molecule has 48 heavy (non-hydrogen) atoms. The maximum atomic E-state index is 13.9. The first-order valence-corrected chi connectivity index (χ1v) is 16.9. The average Bonchev–Trinajstić information content (AvgIpc) is 3.51. The van der Waals surface area contributed by atoms with Crippen LogP contribution >= 0.6 is 0 Å². The van der Waals surface area contributed by atoms with E-state index in [1.807, 2.05) is 29.2 Å². The predicted octanol–water partition coefficient (Wildman–Crippen LogP) is 6.49. The second-order valence-electron chi connectivity index (χ2n) is 14.9. The first-order chi connectivity index (χ1) is 22.8. The number of rotatable bonds is 5. The molecule has 4 heterocycles. The topological polar surface area (TPSA) is 126 Å². The Morgan fingerprint density at radius 1 is 0.854 bits per heavy atom. The van der Waals surface area contributed by atoms with Gasteiger partial charge in [-0.15, -0.1) is 0 Å². The highest BCUT2D eigenvalue weighted by molar-refractivity contribution is 5.95. The fourth-order valence-electron chi connectivity index (χ4n) is 6.27. The number of hydrogen-bond donors (Lipinski definition) is 2. The summed E-state index contributed by atoms with van der Waals surface area (Å²) in [4.78, 5) is 39.8. The smallest absolute Gasteiger partial charge is 0.318 e. The maximum absolute atomic E-state index is 13.9. The highest BCUT2D eigenvalue weighted by Gasteiger charge is 2.32. The lowest BCUT2D eigenvalue weighted by Gasteiger charge is -2.32. The van der Waals surface area contributed by atoms with Gasteiger partial charge in [0.05, 0.1) is 13.2 Å². The molecule has 11 heteroatoms. The fraction of sp³-hybridized carbons (Fsp3) is 0.486. The van der Waals surface area contributed by atoms with Crippen LogP contribution in [0.15, 0.2) is 47.0 Å². The lowest BCUT2D eigenvalue weighted by atomic mass is 9.79. The monoisotopic (exact) mass is 653 g/mol. The van der Waals surface area contributed by atoms with Crippen LogP contribution in [-0.2, 0) is 15.6 Å². The van der Waals surface area contributed by atoms with Gasteiger partial charge in [0.1, 0.15) is 11.2 Å². The van der Waals surface area contributed by atoms with Gasteiger partial charge in [0.2, 0.25) is 5.58 Å². The Morgan fingerprint density at radius 2 is 1.48 bits per heavy atom. The molecule has 2 aliphatic heterocycles. The normalized spacial score (nSPS) is 16.3. The molecule has 2 aromatic carbocycles. The van der Waals surface area contributed by atoms with Crippen molar-refractivity contribution in [1.82, 2.24) is 25.3 Å². The van der Waals surface area contributed by atoms with Crippen molar-refractivity contribution in [2.75, 3.05) is 56.7 Å². The third-order valence-electron chi connectivity index (χ3n) is 9.35. The van der Waals surface area contributed by atoms with E-state index in [9.17, 15) is 9.59 Å². The van der Waals surface area contributed by atoms with E-state index >= 15 is 0 Å². The van der Waals surface area contributed by atoms with Gasteiger partial charge in [0.15, 0.2) is 11.6 Å². The minimum absolute atomic E-state index is 0.0669. The summed E-state index contributed by atoms with van der Waals surface area (Å²) in [7, 11) is 1.58. The summed E-state index contributed by atoms with van der Waals surface area (Å²) in [6, 6.07) is 13.5. The quantitative estimate of drug-likeness (QED) is 0.251. The third-order valence-corrected chi connectivity index (χ3v) is 9.35. The Bertz CT molecular complexity index is 1760. The first-order valence-electron chi connectivity index (χ1n) is 16.9. The third kappa shape index (κ3) is 7.01. The molecule has 3 amide bonds. The van der Waals surface area contributed by atoms with Crippen molar-refractivity contribution < 1.29 is 18.8 Å². The summed E-state index contributed by atoms with van der Waals surface area (Å²) >= 11 is 0. The molecule has 0 radical (unpaired) electrons. The number of anilines is 2. The van der Waals surface area contributed by atoms with Crippen LogP contribution in [-0.4, -0.2) is 78.4 Å². The molecule has 0 spiro atoms. The molecule has 0 saturated carbocycles. The van der Waals surface area contributed by atoms with Gasteiger partial charge in [0.25, 0.3) is 5.91 Å². The number of ether oxygens (including phenoxy) is 1. The number of piperidine rings is 1. The summed E-state index contributed by atoms with van der Waals surface area (Å²) in [6.07, 6.45) is 1.51. The standard InChI is InChI=1S/C37H47N7O4/c1-36(2,3)26-20-25(21-27(22-26)37(4,5)6)34(45)44-14-12-23(13-15-44)29-30-31(48-42-29)33(43-16-18-47-19-17-43)41-32(40-30)24-8-10-28(11-9-24)39-35(46)38-7/h8-11,20-23H,12-19H2,1-7H3,(H2,38,39,46). The Kier molecular flexibility index (Phi) is 9.17. The molecule has 2 N–H and O–H groups in total. The van der Waals surface area contributed by atoms with Crippen LogP contribution in [0.1, 0.15) is 87.5 Å². The van der Waals surface area contributed by atoms with Crippen LogP contribution in [0.5, 0.6) is 0 Å². The molecule has 254 valence electrons. The number of aromatic nitrogens is 3. The van der Waals surface area contributed by atoms with Gasteiger partial charge in [-0.2, -0.15) is 0 Å². The summed E-state index contributed by atoms with van der Waals surface area (Å²) < 4.78 is 11.6. The zero-order chi connectivity index (χ0) is 34.2. The molecular weight excluding hydrogens is 606 g/mol. The van der Waals surface area contributed by atoms with Crippen LogP contribution in [0.25, 0.3) is 22.5 Å². The Labute approximate surface area is 282 Å². The summed E-state index contributed by atoms with van der Waals surface area (Å²) in [5, 5.41) is 9.92. The first kappa shape index (κ1) is 33.4. The fourth-order valence-corrected chi connectivity index (χ4v) is 6.27. The minimum Gasteiger partial charge on any atom is -0.378 e.